The summed E-state index contributed by atoms with van der Waals surface area (Å²) >= 11 is 5.94. The zero-order valence-corrected chi connectivity index (χ0v) is 12.3. The topological polar surface area (TPSA) is 46.2 Å². The molecule has 0 fully saturated rings. The molecule has 0 saturated heterocycles. The van der Waals surface area contributed by atoms with Crippen molar-refractivity contribution in [1.82, 2.24) is 0 Å². The van der Waals surface area contributed by atoms with Gasteiger partial charge in [0.1, 0.15) is 5.82 Å². The minimum absolute atomic E-state index is 0.223. The zero-order valence-electron chi connectivity index (χ0n) is 11.5. The highest BCUT2D eigenvalue weighted by molar-refractivity contribution is 6.30. The van der Waals surface area contributed by atoms with Gasteiger partial charge >= 0.3 is 0 Å². The summed E-state index contributed by atoms with van der Waals surface area (Å²) in [6.45, 7) is 0.287. The average Bonchev–Trinajstić information content (AvgIpc) is 2.89. The van der Waals surface area contributed by atoms with Crippen molar-refractivity contribution < 1.29 is 9.50 Å². The number of aliphatic hydroxyl groups excluding tert-OH is 1. The number of halogens is 2. The van der Waals surface area contributed by atoms with E-state index >= 15 is 0 Å². The third-order valence-electron chi connectivity index (χ3n) is 4.44. The maximum absolute atomic E-state index is 14.0. The molecule has 1 unspecified atom stereocenters. The minimum atomic E-state index is -0.978. The first-order valence-electron chi connectivity index (χ1n) is 6.95. The monoisotopic (exact) mass is 305 g/mol. The van der Waals surface area contributed by atoms with Crippen LogP contribution in [0.5, 0.6) is 0 Å². The fourth-order valence-corrected chi connectivity index (χ4v) is 3.41. The van der Waals surface area contributed by atoms with E-state index in [2.05, 4.69) is 0 Å². The van der Waals surface area contributed by atoms with Crippen molar-refractivity contribution in [3.05, 3.63) is 70.0 Å². The summed E-state index contributed by atoms with van der Waals surface area (Å²) in [5.74, 6) is -0.448. The zero-order chi connectivity index (χ0) is 15.0. The highest BCUT2D eigenvalue weighted by atomic mass is 35.5. The number of fused-ring (bicyclic) bond motifs is 1. The van der Waals surface area contributed by atoms with Crippen LogP contribution in [0.15, 0.2) is 42.5 Å². The van der Waals surface area contributed by atoms with Crippen molar-refractivity contribution in [2.75, 3.05) is 6.54 Å². The predicted octanol–water partition coefficient (Wildman–Crippen LogP) is 3.26. The van der Waals surface area contributed by atoms with Crippen LogP contribution in [-0.4, -0.2) is 11.7 Å². The highest BCUT2D eigenvalue weighted by Crippen LogP contribution is 2.46. The Hall–Kier alpha value is -1.42. The third-order valence-corrected chi connectivity index (χ3v) is 4.68. The van der Waals surface area contributed by atoms with E-state index in [4.69, 9.17) is 17.3 Å². The summed E-state index contributed by atoms with van der Waals surface area (Å²) in [6.07, 6.45) is 0.313. The Bertz CT molecular complexity index is 649. The molecule has 1 atom stereocenters. The molecule has 0 bridgehead atoms. The summed E-state index contributed by atoms with van der Waals surface area (Å²) in [5, 5.41) is 11.2. The number of hydrogen-bond acceptors (Lipinski definition) is 2. The van der Waals surface area contributed by atoms with Crippen molar-refractivity contribution in [2.24, 2.45) is 11.1 Å². The van der Waals surface area contributed by atoms with Gasteiger partial charge in [0.05, 0.1) is 6.10 Å². The molecule has 2 aromatic rings. The molecule has 0 spiro atoms. The maximum Gasteiger partial charge on any atom is 0.129 e. The third kappa shape index (κ3) is 2.46. The lowest BCUT2D eigenvalue weighted by Gasteiger charge is -2.33. The summed E-state index contributed by atoms with van der Waals surface area (Å²) < 4.78 is 14.0. The van der Waals surface area contributed by atoms with Crippen LogP contribution in [0.1, 0.15) is 22.8 Å². The van der Waals surface area contributed by atoms with Crippen LogP contribution in [0.3, 0.4) is 0 Å². The van der Waals surface area contributed by atoms with Gasteiger partial charge in [-0.15, -0.1) is 0 Å². The normalized spacial score (nSPS) is 17.5. The number of rotatable bonds is 3. The lowest BCUT2D eigenvalue weighted by Crippen LogP contribution is -2.38. The number of benzene rings is 2. The Morgan fingerprint density at radius 2 is 1.81 bits per heavy atom. The Labute approximate surface area is 128 Å². The second-order valence-corrected chi connectivity index (χ2v) is 6.19. The van der Waals surface area contributed by atoms with Crippen molar-refractivity contribution >= 4 is 11.6 Å². The molecular formula is C17H17ClFNO. The van der Waals surface area contributed by atoms with Gasteiger partial charge in [-0.3, -0.25) is 0 Å². The van der Waals surface area contributed by atoms with Crippen LogP contribution < -0.4 is 5.73 Å². The largest absolute Gasteiger partial charge is 0.388 e. The fourth-order valence-electron chi connectivity index (χ4n) is 3.23. The van der Waals surface area contributed by atoms with Crippen LogP contribution in [0.2, 0.25) is 5.02 Å². The SMILES string of the molecule is NCC1(C(O)c2cc(Cl)ccc2F)Cc2ccccc2C1. The van der Waals surface area contributed by atoms with Crippen LogP contribution in [0.25, 0.3) is 0 Å². The van der Waals surface area contributed by atoms with E-state index in [1.807, 2.05) is 24.3 Å². The standard InChI is InChI=1S/C17H17ClFNO/c18-13-5-6-15(19)14(7-13)16(21)17(10-20)8-11-3-1-2-4-12(11)9-17/h1-7,16,21H,8-10,20H2. The van der Waals surface area contributed by atoms with Gasteiger partial charge < -0.3 is 10.8 Å². The molecule has 1 aliphatic rings. The van der Waals surface area contributed by atoms with Crippen molar-refractivity contribution in [1.29, 1.82) is 0 Å². The van der Waals surface area contributed by atoms with Crippen LogP contribution >= 0.6 is 11.6 Å². The molecule has 110 valence electrons. The summed E-state index contributed by atoms with van der Waals surface area (Å²) in [4.78, 5) is 0. The molecule has 0 aromatic heterocycles. The molecular weight excluding hydrogens is 289 g/mol. The van der Waals surface area contributed by atoms with Gasteiger partial charge in [0.25, 0.3) is 0 Å². The first-order chi connectivity index (χ1) is 10.1. The molecule has 0 amide bonds. The smallest absolute Gasteiger partial charge is 0.129 e. The molecule has 2 aromatic carbocycles. The number of nitrogens with two attached hydrogens (primary N) is 1. The lowest BCUT2D eigenvalue weighted by atomic mass is 9.76. The molecule has 0 aliphatic heterocycles. The maximum atomic E-state index is 14.0. The number of hydrogen-bond donors (Lipinski definition) is 2. The van der Waals surface area contributed by atoms with E-state index in [9.17, 15) is 9.50 Å². The lowest BCUT2D eigenvalue weighted by molar-refractivity contribution is 0.0330. The van der Waals surface area contributed by atoms with Crippen LogP contribution in [0.4, 0.5) is 4.39 Å². The highest BCUT2D eigenvalue weighted by Gasteiger charge is 2.43. The quantitative estimate of drug-likeness (QED) is 0.914. The van der Waals surface area contributed by atoms with Crippen LogP contribution in [0, 0.1) is 11.2 Å². The van der Waals surface area contributed by atoms with Gasteiger partial charge in [0, 0.05) is 22.5 Å². The summed E-state index contributed by atoms with van der Waals surface area (Å²) in [7, 11) is 0. The molecule has 0 radical (unpaired) electrons. The molecule has 2 nitrogen and oxygen atoms in total. The van der Waals surface area contributed by atoms with E-state index < -0.39 is 17.3 Å². The molecule has 4 heteroatoms. The number of aliphatic hydroxyl groups is 1. The van der Waals surface area contributed by atoms with E-state index in [0.29, 0.717) is 17.9 Å². The van der Waals surface area contributed by atoms with Crippen molar-refractivity contribution in [3.63, 3.8) is 0 Å². The molecule has 3 N–H and O–H groups in total. The first-order valence-corrected chi connectivity index (χ1v) is 7.33. The second kappa shape index (κ2) is 5.41. The molecule has 0 heterocycles. The van der Waals surface area contributed by atoms with E-state index in [0.717, 1.165) is 0 Å². The average molecular weight is 306 g/mol. The van der Waals surface area contributed by atoms with Gasteiger partial charge in [0.15, 0.2) is 0 Å². The minimum Gasteiger partial charge on any atom is -0.388 e. The Morgan fingerprint density at radius 1 is 1.19 bits per heavy atom. The first kappa shape index (κ1) is 14.5. The molecule has 0 saturated carbocycles. The predicted molar refractivity (Wildman–Crippen MR) is 81.7 cm³/mol. The molecule has 1 aliphatic carbocycles. The Kier molecular flexibility index (Phi) is 3.74. The van der Waals surface area contributed by atoms with Gasteiger partial charge in [-0.2, -0.15) is 0 Å². The van der Waals surface area contributed by atoms with Gasteiger partial charge in [-0.05, 0) is 42.2 Å². The van der Waals surface area contributed by atoms with Gasteiger partial charge in [0.2, 0.25) is 0 Å². The summed E-state index contributed by atoms with van der Waals surface area (Å²) in [6, 6.07) is 12.3. The van der Waals surface area contributed by atoms with Gasteiger partial charge in [-0.25, -0.2) is 4.39 Å². The molecule has 21 heavy (non-hydrogen) atoms. The molecule has 3 rings (SSSR count). The Morgan fingerprint density at radius 3 is 2.38 bits per heavy atom. The van der Waals surface area contributed by atoms with Gasteiger partial charge in [-0.1, -0.05) is 35.9 Å². The van der Waals surface area contributed by atoms with E-state index in [1.165, 1.54) is 29.3 Å². The van der Waals surface area contributed by atoms with E-state index in [-0.39, 0.29) is 12.1 Å². The fraction of sp³-hybridized carbons (Fsp3) is 0.294. The van der Waals surface area contributed by atoms with Crippen molar-refractivity contribution in [3.8, 4) is 0 Å². The van der Waals surface area contributed by atoms with E-state index in [1.54, 1.807) is 0 Å². The summed E-state index contributed by atoms with van der Waals surface area (Å²) in [5.41, 5.74) is 7.95. The van der Waals surface area contributed by atoms with Crippen LogP contribution in [-0.2, 0) is 12.8 Å². The van der Waals surface area contributed by atoms with Crippen molar-refractivity contribution in [2.45, 2.75) is 18.9 Å². The Balaban J connectivity index is 2.00. The second-order valence-electron chi connectivity index (χ2n) is 5.76.